The summed E-state index contributed by atoms with van der Waals surface area (Å²) in [6.07, 6.45) is 0. The molecule has 3 unspecified atom stereocenters. The second-order valence-corrected chi connectivity index (χ2v) is 6.04. The molecule has 0 amide bonds. The van der Waals surface area contributed by atoms with Crippen LogP contribution in [0.5, 0.6) is 0 Å². The average molecular weight is 252 g/mol. The van der Waals surface area contributed by atoms with Gasteiger partial charge in [-0.2, -0.15) is 4.31 Å². The van der Waals surface area contributed by atoms with Crippen LogP contribution in [0, 0.1) is 0 Å². The van der Waals surface area contributed by atoms with Crippen LogP contribution in [-0.4, -0.2) is 11.7 Å². The van der Waals surface area contributed by atoms with Gasteiger partial charge in [-0.3, -0.25) is 9.05 Å². The molecule has 0 bridgehead atoms. The third-order valence-electron chi connectivity index (χ3n) is 0.827. The van der Waals surface area contributed by atoms with Crippen molar-refractivity contribution in [3.63, 3.8) is 0 Å². The molecule has 0 aromatic rings. The van der Waals surface area contributed by atoms with E-state index in [1.54, 1.807) is 0 Å². The Kier molecular flexibility index (Phi) is 3.35. The Balaban J connectivity index is 2.75. The maximum atomic E-state index is 11.1. The molecule has 1 fully saturated rings. The van der Waals surface area contributed by atoms with E-state index in [1.165, 1.54) is 0 Å². The zero-order valence-electron chi connectivity index (χ0n) is 5.93. The summed E-state index contributed by atoms with van der Waals surface area (Å²) in [5.41, 5.74) is 4.83. The Morgan fingerprint density at radius 2 is 2.08 bits per heavy atom. The van der Waals surface area contributed by atoms with Gasteiger partial charge in [-0.05, 0) is 4.31 Å². The molecule has 1 saturated heterocycles. The number of hydrogen-bond donors (Lipinski definition) is 2. The van der Waals surface area contributed by atoms with Crippen LogP contribution in [0.4, 0.5) is 0 Å². The summed E-state index contributed by atoms with van der Waals surface area (Å²) in [7, 11) is -11.6. The van der Waals surface area contributed by atoms with Crippen molar-refractivity contribution in [3.05, 3.63) is 0 Å². The van der Waals surface area contributed by atoms with E-state index < -0.39 is 30.6 Å². The number of phosphoric acid groups is 1. The molecule has 1 rings (SSSR count). The highest BCUT2D eigenvalue weighted by molar-refractivity contribution is 7.66. The SMILES string of the molecule is NP1(=O)OCOP(=O)(O[P+](=O)O)O1. The first-order chi connectivity index (χ1) is 5.83. The molecule has 1 aliphatic rings. The molecule has 13 heavy (non-hydrogen) atoms. The van der Waals surface area contributed by atoms with Crippen molar-refractivity contribution >= 4 is 23.8 Å². The summed E-state index contributed by atoms with van der Waals surface area (Å²) < 4.78 is 48.4. The van der Waals surface area contributed by atoms with E-state index in [0.717, 1.165) is 0 Å². The van der Waals surface area contributed by atoms with E-state index in [4.69, 9.17) is 10.4 Å². The van der Waals surface area contributed by atoms with Crippen molar-refractivity contribution in [1.82, 2.24) is 0 Å². The third kappa shape index (κ3) is 3.52. The van der Waals surface area contributed by atoms with E-state index in [9.17, 15) is 13.7 Å². The van der Waals surface area contributed by atoms with Crippen molar-refractivity contribution in [2.75, 3.05) is 6.79 Å². The van der Waals surface area contributed by atoms with E-state index >= 15 is 0 Å². The molecule has 76 valence electrons. The monoisotopic (exact) mass is 252 g/mol. The number of nitrogens with two attached hydrogens (primary N) is 1. The molecular weight excluding hydrogens is 247 g/mol. The van der Waals surface area contributed by atoms with Crippen LogP contribution in [0.1, 0.15) is 0 Å². The lowest BCUT2D eigenvalue weighted by molar-refractivity contribution is 0.0473. The van der Waals surface area contributed by atoms with Gasteiger partial charge in [0.15, 0.2) is 6.79 Å². The molecule has 0 aromatic heterocycles. The highest BCUT2D eigenvalue weighted by Gasteiger charge is 2.48. The first-order valence-corrected chi connectivity index (χ1v) is 6.88. The molecule has 0 aliphatic carbocycles. The Labute approximate surface area is 73.3 Å². The smallest absolute Gasteiger partial charge is 0.268 e. The Bertz CT molecular complexity index is 311. The van der Waals surface area contributed by atoms with Crippen LogP contribution >= 0.6 is 23.8 Å². The number of hydrogen-bond acceptors (Lipinski definition) is 7. The van der Waals surface area contributed by atoms with Gasteiger partial charge in [0.2, 0.25) is 0 Å². The van der Waals surface area contributed by atoms with Crippen molar-refractivity contribution in [1.29, 1.82) is 0 Å². The van der Waals surface area contributed by atoms with E-state index in [0.29, 0.717) is 0 Å². The molecule has 0 aromatic carbocycles. The topological polar surface area (TPSA) is 134 Å². The fourth-order valence-electron chi connectivity index (χ4n) is 0.472. The average Bonchev–Trinajstić information content (AvgIpc) is 1.79. The van der Waals surface area contributed by atoms with Gasteiger partial charge in [0.25, 0.3) is 0 Å². The van der Waals surface area contributed by atoms with Gasteiger partial charge in [-0.1, -0.05) is 0 Å². The molecule has 3 N–H and O–H groups in total. The van der Waals surface area contributed by atoms with Crippen LogP contribution in [0.2, 0.25) is 0 Å². The van der Waals surface area contributed by atoms with E-state index in [-0.39, 0.29) is 0 Å². The van der Waals surface area contributed by atoms with Gasteiger partial charge in [0, 0.05) is 4.57 Å². The largest absolute Gasteiger partial charge is 0.705 e. The molecule has 0 radical (unpaired) electrons. The predicted octanol–water partition coefficient (Wildman–Crippen LogP) is 0.848. The molecule has 9 nitrogen and oxygen atoms in total. The van der Waals surface area contributed by atoms with E-state index in [2.05, 4.69) is 17.7 Å². The molecule has 3 atom stereocenters. The molecule has 1 heterocycles. The summed E-state index contributed by atoms with van der Waals surface area (Å²) in [6.45, 7) is -0.700. The predicted molar refractivity (Wildman–Crippen MR) is 38.4 cm³/mol. The highest BCUT2D eigenvalue weighted by Crippen LogP contribution is 2.67. The summed E-state index contributed by atoms with van der Waals surface area (Å²) in [4.78, 5) is 8.22. The molecule has 1 aliphatic heterocycles. The van der Waals surface area contributed by atoms with Crippen LogP contribution in [0.25, 0.3) is 0 Å². The standard InChI is InChI=1S/CH4NO8P3/c2-12(5)7-1-8-13(6,10-12)9-11(3)4/h1H2,(H2-,2,3,4,5)/p+1. The molecule has 12 heteroatoms. The third-order valence-corrected chi connectivity index (χ3v) is 4.78. The first kappa shape index (κ1) is 11.4. The summed E-state index contributed by atoms with van der Waals surface area (Å²) in [5, 5.41) is 0. The Hall–Kier alpha value is 0.320. The van der Waals surface area contributed by atoms with Crippen molar-refractivity contribution in [2.45, 2.75) is 0 Å². The molecule has 0 spiro atoms. The summed E-state index contributed by atoms with van der Waals surface area (Å²) >= 11 is 0. The van der Waals surface area contributed by atoms with Gasteiger partial charge in [0.1, 0.15) is 0 Å². The lowest BCUT2D eigenvalue weighted by atomic mass is 11.6. The first-order valence-electron chi connectivity index (χ1n) is 2.68. The molecule has 0 saturated carbocycles. The fraction of sp³-hybridized carbons (Fsp3) is 1.00. The lowest BCUT2D eigenvalue weighted by Crippen LogP contribution is -2.12. The van der Waals surface area contributed by atoms with Crippen LogP contribution in [0.3, 0.4) is 0 Å². The maximum Gasteiger partial charge on any atom is 0.705 e. The summed E-state index contributed by atoms with van der Waals surface area (Å²) in [5.74, 6) is 0. The van der Waals surface area contributed by atoms with Crippen LogP contribution in [-0.2, 0) is 31.4 Å². The van der Waals surface area contributed by atoms with E-state index in [1.807, 2.05) is 0 Å². The Morgan fingerprint density at radius 1 is 1.46 bits per heavy atom. The van der Waals surface area contributed by atoms with Gasteiger partial charge in [0.05, 0.1) is 0 Å². The minimum Gasteiger partial charge on any atom is -0.268 e. The van der Waals surface area contributed by atoms with Crippen molar-refractivity contribution in [3.8, 4) is 0 Å². The quantitative estimate of drug-likeness (QED) is 0.685. The van der Waals surface area contributed by atoms with Crippen LogP contribution in [0.15, 0.2) is 0 Å². The maximum absolute atomic E-state index is 11.1. The molecular formula is CH5NO8P3+. The van der Waals surface area contributed by atoms with Crippen LogP contribution < -0.4 is 5.50 Å². The van der Waals surface area contributed by atoms with Gasteiger partial charge >= 0.3 is 23.8 Å². The second kappa shape index (κ2) is 3.82. The minimum absolute atomic E-state index is 0.700. The Morgan fingerprint density at radius 3 is 2.54 bits per heavy atom. The fourth-order valence-corrected chi connectivity index (χ4v) is 3.69. The minimum atomic E-state index is -4.34. The summed E-state index contributed by atoms with van der Waals surface area (Å²) in [6, 6.07) is 0. The number of rotatable bonds is 2. The van der Waals surface area contributed by atoms with Gasteiger partial charge in [-0.15, -0.1) is 4.89 Å². The van der Waals surface area contributed by atoms with Crippen molar-refractivity contribution in [2.24, 2.45) is 5.50 Å². The second-order valence-electron chi connectivity index (χ2n) is 1.76. The normalized spacial score (nSPS) is 41.5. The zero-order valence-corrected chi connectivity index (χ0v) is 8.61. The van der Waals surface area contributed by atoms with Gasteiger partial charge < -0.3 is 0 Å². The lowest BCUT2D eigenvalue weighted by Gasteiger charge is -2.21. The zero-order chi connectivity index (χ0) is 10.1. The highest BCUT2D eigenvalue weighted by atomic mass is 31.3. The van der Waals surface area contributed by atoms with Gasteiger partial charge in [-0.25, -0.2) is 14.6 Å². The van der Waals surface area contributed by atoms with Crippen molar-refractivity contribution < 1.29 is 36.3 Å².